The molecule has 0 unspecified atom stereocenters. The van der Waals surface area contributed by atoms with E-state index in [0.717, 1.165) is 12.1 Å². The molecule has 0 saturated heterocycles. The topological polar surface area (TPSA) is 83.6 Å². The van der Waals surface area contributed by atoms with Crippen molar-refractivity contribution in [2.24, 2.45) is 5.73 Å². The number of carboxylic acid groups (broad SMARTS) is 1. The number of phenols is 1. The van der Waals surface area contributed by atoms with Gasteiger partial charge in [0, 0.05) is 11.6 Å². The zero-order valence-corrected chi connectivity index (χ0v) is 8.20. The SMILES string of the molecule is CC[C@H](N)c1c(F)ccc(C(=O)O)c1O. The molecule has 0 radical (unpaired) electrons. The van der Waals surface area contributed by atoms with Gasteiger partial charge < -0.3 is 15.9 Å². The van der Waals surface area contributed by atoms with Crippen LogP contribution in [0, 0.1) is 5.82 Å². The van der Waals surface area contributed by atoms with E-state index >= 15 is 0 Å². The summed E-state index contributed by atoms with van der Waals surface area (Å²) in [5, 5.41) is 18.3. The van der Waals surface area contributed by atoms with E-state index in [1.165, 1.54) is 0 Å². The Hall–Kier alpha value is -1.62. The highest BCUT2D eigenvalue weighted by atomic mass is 19.1. The second kappa shape index (κ2) is 4.27. The van der Waals surface area contributed by atoms with Crippen LogP contribution in [0.15, 0.2) is 12.1 Å². The Morgan fingerprint density at radius 1 is 1.60 bits per heavy atom. The maximum Gasteiger partial charge on any atom is 0.339 e. The molecule has 4 N–H and O–H groups in total. The van der Waals surface area contributed by atoms with Crippen LogP contribution in [0.25, 0.3) is 0 Å². The fourth-order valence-corrected chi connectivity index (χ4v) is 1.31. The molecule has 15 heavy (non-hydrogen) atoms. The van der Waals surface area contributed by atoms with E-state index < -0.39 is 23.6 Å². The van der Waals surface area contributed by atoms with Crippen LogP contribution in [-0.4, -0.2) is 16.2 Å². The predicted octanol–water partition coefficient (Wildman–Crippen LogP) is 1.64. The Morgan fingerprint density at radius 2 is 2.20 bits per heavy atom. The lowest BCUT2D eigenvalue weighted by Gasteiger charge is -2.13. The number of aromatic hydroxyl groups is 1. The Morgan fingerprint density at radius 3 is 2.67 bits per heavy atom. The summed E-state index contributed by atoms with van der Waals surface area (Å²) in [5.74, 6) is -2.58. The van der Waals surface area contributed by atoms with Gasteiger partial charge in [-0.2, -0.15) is 0 Å². The van der Waals surface area contributed by atoms with E-state index in [0.29, 0.717) is 6.42 Å². The number of carbonyl (C=O) groups is 1. The number of hydrogen-bond donors (Lipinski definition) is 3. The van der Waals surface area contributed by atoms with Gasteiger partial charge in [0.1, 0.15) is 17.1 Å². The molecule has 82 valence electrons. The summed E-state index contributed by atoms with van der Waals surface area (Å²) in [6, 6.07) is 1.30. The quantitative estimate of drug-likeness (QED) is 0.712. The van der Waals surface area contributed by atoms with Gasteiger partial charge in [0.05, 0.1) is 0 Å². The molecule has 1 rings (SSSR count). The van der Waals surface area contributed by atoms with E-state index in [1.54, 1.807) is 6.92 Å². The van der Waals surface area contributed by atoms with Crippen molar-refractivity contribution in [1.82, 2.24) is 0 Å². The van der Waals surface area contributed by atoms with Gasteiger partial charge in [-0.1, -0.05) is 6.92 Å². The third-order valence-corrected chi connectivity index (χ3v) is 2.20. The number of rotatable bonds is 3. The van der Waals surface area contributed by atoms with Crippen molar-refractivity contribution in [2.45, 2.75) is 19.4 Å². The third kappa shape index (κ3) is 2.07. The highest BCUT2D eigenvalue weighted by Gasteiger charge is 2.20. The first-order valence-corrected chi connectivity index (χ1v) is 4.49. The summed E-state index contributed by atoms with van der Waals surface area (Å²) in [6.07, 6.45) is 0.410. The zero-order chi connectivity index (χ0) is 11.6. The summed E-state index contributed by atoms with van der Waals surface area (Å²) in [7, 11) is 0. The van der Waals surface area contributed by atoms with Gasteiger partial charge >= 0.3 is 5.97 Å². The monoisotopic (exact) mass is 213 g/mol. The Bertz CT molecular complexity index is 392. The standard InChI is InChI=1S/C10H12FNO3/c1-2-7(12)8-6(11)4-3-5(9(8)13)10(14)15/h3-4,7,13H,2,12H2,1H3,(H,14,15)/t7-/m0/s1. The van der Waals surface area contributed by atoms with Crippen molar-refractivity contribution >= 4 is 5.97 Å². The fourth-order valence-electron chi connectivity index (χ4n) is 1.31. The Kier molecular flexibility index (Phi) is 3.26. The molecular formula is C10H12FNO3. The molecule has 0 amide bonds. The number of aromatic carboxylic acids is 1. The van der Waals surface area contributed by atoms with Crippen molar-refractivity contribution < 1.29 is 19.4 Å². The molecule has 0 spiro atoms. The minimum absolute atomic E-state index is 0.141. The molecule has 0 fully saturated rings. The average Bonchev–Trinajstić information content (AvgIpc) is 2.16. The lowest BCUT2D eigenvalue weighted by atomic mass is 10.0. The van der Waals surface area contributed by atoms with Gasteiger partial charge in [-0.15, -0.1) is 0 Å². The van der Waals surface area contributed by atoms with Crippen LogP contribution in [0.3, 0.4) is 0 Å². The first-order valence-electron chi connectivity index (χ1n) is 4.49. The van der Waals surface area contributed by atoms with Crippen LogP contribution < -0.4 is 5.73 Å². The van der Waals surface area contributed by atoms with Crippen LogP contribution in [0.1, 0.15) is 35.3 Å². The lowest BCUT2D eigenvalue weighted by molar-refractivity contribution is 0.0693. The number of benzene rings is 1. The summed E-state index contributed by atoms with van der Waals surface area (Å²) in [6.45, 7) is 1.72. The number of carboxylic acids is 1. The average molecular weight is 213 g/mol. The van der Waals surface area contributed by atoms with Crippen LogP contribution >= 0.6 is 0 Å². The molecule has 4 nitrogen and oxygen atoms in total. The molecule has 0 saturated carbocycles. The Balaban J connectivity index is 3.36. The zero-order valence-electron chi connectivity index (χ0n) is 8.20. The van der Waals surface area contributed by atoms with E-state index in [9.17, 15) is 14.3 Å². The maximum absolute atomic E-state index is 13.3. The number of halogens is 1. The van der Waals surface area contributed by atoms with Gasteiger partial charge in [-0.25, -0.2) is 9.18 Å². The second-order valence-electron chi connectivity index (χ2n) is 3.18. The van der Waals surface area contributed by atoms with Crippen molar-refractivity contribution in [3.63, 3.8) is 0 Å². The normalized spacial score (nSPS) is 12.5. The maximum atomic E-state index is 13.3. The van der Waals surface area contributed by atoms with E-state index in [2.05, 4.69) is 0 Å². The first-order chi connectivity index (χ1) is 6.99. The van der Waals surface area contributed by atoms with Gasteiger partial charge in [-0.05, 0) is 18.6 Å². The molecule has 0 aliphatic carbocycles. The minimum Gasteiger partial charge on any atom is -0.507 e. The lowest BCUT2D eigenvalue weighted by Crippen LogP contribution is -2.13. The van der Waals surface area contributed by atoms with Crippen molar-refractivity contribution in [2.75, 3.05) is 0 Å². The molecule has 1 aromatic carbocycles. The van der Waals surface area contributed by atoms with Crippen LogP contribution in [0.5, 0.6) is 5.75 Å². The molecule has 0 aliphatic heterocycles. The summed E-state index contributed by atoms with van der Waals surface area (Å²) in [5.41, 5.74) is 5.09. The van der Waals surface area contributed by atoms with Crippen molar-refractivity contribution in [3.8, 4) is 5.75 Å². The highest BCUT2D eigenvalue weighted by Crippen LogP contribution is 2.30. The minimum atomic E-state index is -1.31. The molecule has 0 bridgehead atoms. The summed E-state index contributed by atoms with van der Waals surface area (Å²) >= 11 is 0. The van der Waals surface area contributed by atoms with E-state index in [4.69, 9.17) is 10.8 Å². The molecular weight excluding hydrogens is 201 g/mol. The van der Waals surface area contributed by atoms with Gasteiger partial charge in [0.15, 0.2) is 0 Å². The molecule has 0 aromatic heterocycles. The predicted molar refractivity (Wildman–Crippen MR) is 52.2 cm³/mol. The summed E-state index contributed by atoms with van der Waals surface area (Å²) in [4.78, 5) is 10.7. The summed E-state index contributed by atoms with van der Waals surface area (Å²) < 4.78 is 13.3. The van der Waals surface area contributed by atoms with Crippen LogP contribution in [0.2, 0.25) is 0 Å². The number of hydrogen-bond acceptors (Lipinski definition) is 3. The third-order valence-electron chi connectivity index (χ3n) is 2.20. The largest absolute Gasteiger partial charge is 0.507 e. The highest BCUT2D eigenvalue weighted by molar-refractivity contribution is 5.91. The first kappa shape index (κ1) is 11.5. The Labute approximate surface area is 86.1 Å². The second-order valence-corrected chi connectivity index (χ2v) is 3.18. The number of nitrogens with two attached hydrogens (primary N) is 1. The smallest absolute Gasteiger partial charge is 0.339 e. The van der Waals surface area contributed by atoms with E-state index in [-0.39, 0.29) is 11.1 Å². The van der Waals surface area contributed by atoms with Gasteiger partial charge in [0.25, 0.3) is 0 Å². The van der Waals surface area contributed by atoms with Crippen molar-refractivity contribution in [1.29, 1.82) is 0 Å². The molecule has 0 aliphatic rings. The molecule has 1 atom stereocenters. The fraction of sp³-hybridized carbons (Fsp3) is 0.300. The molecule has 0 heterocycles. The van der Waals surface area contributed by atoms with E-state index in [1.807, 2.05) is 0 Å². The van der Waals surface area contributed by atoms with Crippen LogP contribution in [-0.2, 0) is 0 Å². The van der Waals surface area contributed by atoms with Gasteiger partial charge in [0.2, 0.25) is 0 Å². The van der Waals surface area contributed by atoms with Gasteiger partial charge in [-0.3, -0.25) is 0 Å². The molecule has 1 aromatic rings. The molecule has 5 heteroatoms. The van der Waals surface area contributed by atoms with Crippen LogP contribution in [0.4, 0.5) is 4.39 Å². The van der Waals surface area contributed by atoms with Crippen molar-refractivity contribution in [3.05, 3.63) is 29.1 Å².